The first-order valence-corrected chi connectivity index (χ1v) is 18.9. The Labute approximate surface area is 316 Å². The van der Waals surface area contributed by atoms with Gasteiger partial charge in [0.05, 0.1) is 11.0 Å². The van der Waals surface area contributed by atoms with Crippen molar-refractivity contribution >= 4 is 65.6 Å². The summed E-state index contributed by atoms with van der Waals surface area (Å²) in [6.07, 6.45) is 0. The van der Waals surface area contributed by atoms with Crippen molar-refractivity contribution in [1.82, 2.24) is 14.5 Å². The first kappa shape index (κ1) is 30.4. The van der Waals surface area contributed by atoms with E-state index in [1.165, 1.54) is 60.3 Å². The molecule has 3 aromatic heterocycles. The summed E-state index contributed by atoms with van der Waals surface area (Å²) in [7, 11) is 0. The van der Waals surface area contributed by atoms with Gasteiger partial charge in [0.25, 0.3) is 0 Å². The smallest absolute Gasteiger partial charge is 0.247 e. The molecule has 4 nitrogen and oxygen atoms in total. The summed E-state index contributed by atoms with van der Waals surface area (Å²) in [6, 6.07) is 58.9. The van der Waals surface area contributed by atoms with Crippen molar-refractivity contribution in [2.75, 3.05) is 0 Å². The lowest BCUT2D eigenvalue weighted by molar-refractivity contribution is 0.653. The fourth-order valence-corrected chi connectivity index (χ4v) is 9.44. The van der Waals surface area contributed by atoms with Crippen molar-refractivity contribution in [1.29, 1.82) is 0 Å². The lowest BCUT2D eigenvalue weighted by atomic mass is 9.82. The molecule has 0 saturated heterocycles. The fourth-order valence-electron chi connectivity index (χ4n) is 9.44. The molecule has 1 aliphatic rings. The molecule has 258 valence electrons. The maximum absolute atomic E-state index is 6.36. The quantitative estimate of drug-likeness (QED) is 0.184. The molecular formula is C51H33N3O. The second kappa shape index (κ2) is 11.0. The molecule has 11 aromatic rings. The van der Waals surface area contributed by atoms with Crippen molar-refractivity contribution in [3.63, 3.8) is 0 Å². The number of rotatable bonds is 3. The van der Waals surface area contributed by atoms with Gasteiger partial charge in [-0.25, -0.2) is 9.97 Å². The third kappa shape index (κ3) is 4.17. The Morgan fingerprint density at radius 2 is 1.22 bits per heavy atom. The molecule has 0 saturated carbocycles. The SMILES string of the molecule is CC1(C)c2ccccc2-c2cc(-c3cc4c(c5ccccc35)c3ccc5ccccc5c3n4-c3nc4c(nc3-c3ccccc3)oc3ccccc34)ccc21. The van der Waals surface area contributed by atoms with E-state index < -0.39 is 0 Å². The van der Waals surface area contributed by atoms with Gasteiger partial charge in [0.15, 0.2) is 5.82 Å². The Balaban J connectivity index is 1.26. The molecule has 0 atom stereocenters. The maximum atomic E-state index is 6.36. The van der Waals surface area contributed by atoms with Crippen molar-refractivity contribution in [3.8, 4) is 39.3 Å². The van der Waals surface area contributed by atoms with Gasteiger partial charge in [0.1, 0.15) is 16.8 Å². The van der Waals surface area contributed by atoms with Crippen LogP contribution >= 0.6 is 0 Å². The second-order valence-corrected chi connectivity index (χ2v) is 15.3. The van der Waals surface area contributed by atoms with Gasteiger partial charge >= 0.3 is 0 Å². The van der Waals surface area contributed by atoms with E-state index in [9.17, 15) is 0 Å². The van der Waals surface area contributed by atoms with Gasteiger partial charge in [0.2, 0.25) is 5.71 Å². The number of aromatic nitrogens is 3. The number of para-hydroxylation sites is 1. The van der Waals surface area contributed by atoms with Crippen LogP contribution in [0.2, 0.25) is 0 Å². The summed E-state index contributed by atoms with van der Waals surface area (Å²) in [5.74, 6) is 0.771. The average molecular weight is 704 g/mol. The zero-order chi connectivity index (χ0) is 36.4. The number of hydrogen-bond acceptors (Lipinski definition) is 3. The third-order valence-corrected chi connectivity index (χ3v) is 12.0. The van der Waals surface area contributed by atoms with Gasteiger partial charge in [-0.3, -0.25) is 4.57 Å². The number of furan rings is 1. The molecule has 4 heteroatoms. The summed E-state index contributed by atoms with van der Waals surface area (Å²) >= 11 is 0. The van der Waals surface area contributed by atoms with E-state index in [0.29, 0.717) is 5.71 Å². The van der Waals surface area contributed by atoms with Gasteiger partial charge in [-0.15, -0.1) is 0 Å². The highest BCUT2D eigenvalue weighted by atomic mass is 16.3. The third-order valence-electron chi connectivity index (χ3n) is 12.0. The van der Waals surface area contributed by atoms with E-state index >= 15 is 0 Å². The van der Waals surface area contributed by atoms with E-state index in [-0.39, 0.29) is 5.41 Å². The highest BCUT2D eigenvalue weighted by Crippen LogP contribution is 2.51. The molecule has 8 aromatic carbocycles. The molecule has 12 rings (SSSR count). The maximum Gasteiger partial charge on any atom is 0.247 e. The van der Waals surface area contributed by atoms with E-state index in [2.05, 4.69) is 158 Å². The van der Waals surface area contributed by atoms with E-state index in [1.807, 2.05) is 24.3 Å². The topological polar surface area (TPSA) is 43.9 Å². The molecular weight excluding hydrogens is 671 g/mol. The average Bonchev–Trinajstić information content (AvgIpc) is 3.85. The monoisotopic (exact) mass is 703 g/mol. The molecule has 3 heterocycles. The Morgan fingerprint density at radius 1 is 0.509 bits per heavy atom. The van der Waals surface area contributed by atoms with Crippen LogP contribution in [0.1, 0.15) is 25.0 Å². The summed E-state index contributed by atoms with van der Waals surface area (Å²) in [5, 5.41) is 8.09. The summed E-state index contributed by atoms with van der Waals surface area (Å²) in [5.41, 5.74) is 13.7. The Hall–Kier alpha value is -7.04. The van der Waals surface area contributed by atoms with Gasteiger partial charge in [0, 0.05) is 32.5 Å². The number of hydrogen-bond donors (Lipinski definition) is 0. The highest BCUT2D eigenvalue weighted by Gasteiger charge is 2.35. The molecule has 0 fully saturated rings. The lowest BCUT2D eigenvalue weighted by Crippen LogP contribution is -2.14. The predicted molar refractivity (Wildman–Crippen MR) is 227 cm³/mol. The van der Waals surface area contributed by atoms with E-state index in [4.69, 9.17) is 14.4 Å². The predicted octanol–water partition coefficient (Wildman–Crippen LogP) is 13.4. The Kier molecular flexibility index (Phi) is 6.09. The van der Waals surface area contributed by atoms with Gasteiger partial charge in [-0.05, 0) is 73.8 Å². The van der Waals surface area contributed by atoms with Crippen LogP contribution in [0.25, 0.3) is 105 Å². The Bertz CT molecular complexity index is 3400. The van der Waals surface area contributed by atoms with E-state index in [1.54, 1.807) is 0 Å². The van der Waals surface area contributed by atoms with Crippen LogP contribution < -0.4 is 0 Å². The zero-order valence-corrected chi connectivity index (χ0v) is 30.3. The fraction of sp³-hybridized carbons (Fsp3) is 0.0588. The second-order valence-electron chi connectivity index (χ2n) is 15.3. The molecule has 55 heavy (non-hydrogen) atoms. The minimum absolute atomic E-state index is 0.0631. The zero-order valence-electron chi connectivity index (χ0n) is 30.3. The van der Waals surface area contributed by atoms with Crippen molar-refractivity contribution in [2.45, 2.75) is 19.3 Å². The van der Waals surface area contributed by atoms with Gasteiger partial charge in [-0.2, -0.15) is 0 Å². The van der Waals surface area contributed by atoms with Crippen LogP contribution in [-0.2, 0) is 5.41 Å². The number of benzene rings is 8. The molecule has 0 aliphatic heterocycles. The van der Waals surface area contributed by atoms with Crippen LogP contribution in [-0.4, -0.2) is 14.5 Å². The van der Waals surface area contributed by atoms with Crippen molar-refractivity contribution in [3.05, 3.63) is 175 Å². The first-order chi connectivity index (χ1) is 27.0. The summed E-state index contributed by atoms with van der Waals surface area (Å²) in [4.78, 5) is 10.9. The highest BCUT2D eigenvalue weighted by molar-refractivity contribution is 6.28. The number of fused-ring (bicyclic) bond motifs is 13. The molecule has 1 aliphatic carbocycles. The molecule has 0 spiro atoms. The van der Waals surface area contributed by atoms with Crippen molar-refractivity contribution < 1.29 is 4.42 Å². The largest absolute Gasteiger partial charge is 0.436 e. The summed E-state index contributed by atoms with van der Waals surface area (Å²) < 4.78 is 8.74. The first-order valence-electron chi connectivity index (χ1n) is 18.9. The standard InChI is InChI=1S/C51H33N3O/c1-51(2)41-22-12-10-19-35(41)40-28-32(25-27-42(40)51)39-29-43-45(36-20-9-8-18-34(36)39)38-26-24-30-14-6-7-17-33(30)48(38)54(43)49-46(31-15-4-3-5-16-31)53-50-47(52-49)37-21-11-13-23-44(37)55-50/h3-29H,1-2H3. The van der Waals surface area contributed by atoms with E-state index in [0.717, 1.165) is 50.0 Å². The Morgan fingerprint density at radius 3 is 2.09 bits per heavy atom. The lowest BCUT2D eigenvalue weighted by Gasteiger charge is -2.21. The van der Waals surface area contributed by atoms with Crippen LogP contribution in [0.3, 0.4) is 0 Å². The normalized spacial score (nSPS) is 13.4. The minimum atomic E-state index is -0.0631. The van der Waals surface area contributed by atoms with Crippen LogP contribution in [0.5, 0.6) is 0 Å². The van der Waals surface area contributed by atoms with Crippen molar-refractivity contribution in [2.24, 2.45) is 0 Å². The molecule has 0 N–H and O–H groups in total. The summed E-state index contributed by atoms with van der Waals surface area (Å²) in [6.45, 7) is 4.68. The molecule has 0 bridgehead atoms. The van der Waals surface area contributed by atoms with Crippen LogP contribution in [0.4, 0.5) is 0 Å². The van der Waals surface area contributed by atoms with Crippen LogP contribution in [0, 0.1) is 0 Å². The number of nitrogens with zero attached hydrogens (tertiary/aromatic N) is 3. The van der Waals surface area contributed by atoms with Gasteiger partial charge < -0.3 is 4.42 Å². The molecule has 0 amide bonds. The molecule has 0 radical (unpaired) electrons. The van der Waals surface area contributed by atoms with Gasteiger partial charge in [-0.1, -0.05) is 153 Å². The minimum Gasteiger partial charge on any atom is -0.436 e. The molecule has 0 unspecified atom stereocenters. The van der Waals surface area contributed by atoms with Crippen LogP contribution in [0.15, 0.2) is 168 Å².